The molecule has 1 spiro atoms. The van der Waals surface area contributed by atoms with E-state index in [2.05, 4.69) is 0 Å². The number of benzene rings is 2. The van der Waals surface area contributed by atoms with Crippen molar-refractivity contribution in [2.24, 2.45) is 0 Å². The molecule has 4 rings (SSSR count). The number of alkyl halides is 3. The smallest absolute Gasteiger partial charge is 0.367 e. The molecule has 2 fully saturated rings. The summed E-state index contributed by atoms with van der Waals surface area (Å²) in [6.07, 6.45) is -3.20. The zero-order valence-electron chi connectivity index (χ0n) is 18.0. The molecule has 2 aromatic carbocycles. The van der Waals surface area contributed by atoms with Gasteiger partial charge in [-0.1, -0.05) is 30.3 Å². The van der Waals surface area contributed by atoms with Gasteiger partial charge in [0.05, 0.1) is 17.0 Å². The molecule has 2 aliphatic rings. The van der Waals surface area contributed by atoms with Gasteiger partial charge in [0.15, 0.2) is 0 Å². The number of likely N-dealkylation sites (tertiary alicyclic amines) is 1. The molecule has 0 N–H and O–H groups in total. The predicted molar refractivity (Wildman–Crippen MR) is 120 cm³/mol. The summed E-state index contributed by atoms with van der Waals surface area (Å²) in [5.41, 5.74) is 0.478. The fourth-order valence-corrected chi connectivity index (χ4v) is 5.75. The van der Waals surface area contributed by atoms with E-state index in [1.807, 2.05) is 30.3 Å². The number of carbonyl (C=O) groups excluding carboxylic acids is 2. The van der Waals surface area contributed by atoms with Crippen LogP contribution in [0, 0.1) is 0 Å². The van der Waals surface area contributed by atoms with Crippen LogP contribution < -0.4 is 0 Å². The highest BCUT2D eigenvalue weighted by atomic mass is 32.2. The van der Waals surface area contributed by atoms with Crippen LogP contribution in [0.25, 0.3) is 0 Å². The van der Waals surface area contributed by atoms with Gasteiger partial charge in [-0.2, -0.15) is 13.2 Å². The van der Waals surface area contributed by atoms with Crippen LogP contribution in [-0.4, -0.2) is 58.5 Å². The Bertz CT molecular complexity index is 975. The van der Waals surface area contributed by atoms with Crippen LogP contribution in [0.5, 0.6) is 0 Å². The van der Waals surface area contributed by atoms with Crippen molar-refractivity contribution in [3.05, 3.63) is 71.3 Å². The number of hydrogen-bond donors (Lipinski definition) is 0. The molecule has 176 valence electrons. The van der Waals surface area contributed by atoms with E-state index in [1.54, 1.807) is 21.6 Å². The van der Waals surface area contributed by atoms with Crippen molar-refractivity contribution in [3.63, 3.8) is 0 Å². The van der Waals surface area contributed by atoms with Gasteiger partial charge in [-0.3, -0.25) is 9.59 Å². The van der Waals surface area contributed by atoms with E-state index >= 15 is 0 Å². The van der Waals surface area contributed by atoms with E-state index in [4.69, 9.17) is 4.74 Å². The van der Waals surface area contributed by atoms with Gasteiger partial charge in [0.25, 0.3) is 5.91 Å². The zero-order chi connectivity index (χ0) is 23.5. The highest BCUT2D eigenvalue weighted by molar-refractivity contribution is 8.00. The fraction of sp³-hybridized carbons (Fsp3) is 0.417. The van der Waals surface area contributed by atoms with Crippen molar-refractivity contribution in [2.45, 2.75) is 30.5 Å². The summed E-state index contributed by atoms with van der Waals surface area (Å²) in [7, 11) is 0. The molecule has 2 saturated heterocycles. The fourth-order valence-electron chi connectivity index (χ4n) is 4.29. The molecular weight excluding hydrogens is 453 g/mol. The quantitative estimate of drug-likeness (QED) is 0.638. The molecule has 33 heavy (non-hydrogen) atoms. The van der Waals surface area contributed by atoms with Crippen LogP contribution in [-0.2, 0) is 22.3 Å². The van der Waals surface area contributed by atoms with E-state index in [0.29, 0.717) is 39.1 Å². The van der Waals surface area contributed by atoms with Gasteiger partial charge in [-0.15, -0.1) is 11.8 Å². The molecule has 0 unspecified atom stereocenters. The third kappa shape index (κ3) is 5.35. The molecule has 2 aliphatic heterocycles. The van der Waals surface area contributed by atoms with Crippen molar-refractivity contribution in [3.8, 4) is 0 Å². The maximum atomic E-state index is 13.1. The normalized spacial score (nSPS) is 18.0. The van der Waals surface area contributed by atoms with E-state index in [0.717, 1.165) is 23.4 Å². The topological polar surface area (TPSA) is 49.9 Å². The van der Waals surface area contributed by atoms with E-state index in [-0.39, 0.29) is 24.0 Å². The van der Waals surface area contributed by atoms with E-state index in [1.165, 1.54) is 12.1 Å². The summed E-state index contributed by atoms with van der Waals surface area (Å²) in [5, 5.41) is 0. The Labute approximate surface area is 194 Å². The zero-order valence-corrected chi connectivity index (χ0v) is 18.8. The predicted octanol–water partition coefficient (Wildman–Crippen LogP) is 4.43. The van der Waals surface area contributed by atoms with Gasteiger partial charge in [0, 0.05) is 31.0 Å². The Kier molecular flexibility index (Phi) is 6.99. The van der Waals surface area contributed by atoms with Crippen molar-refractivity contribution < 1.29 is 27.5 Å². The van der Waals surface area contributed by atoms with E-state index in [9.17, 15) is 22.8 Å². The summed E-state index contributed by atoms with van der Waals surface area (Å²) in [6.45, 7) is 1.94. The maximum Gasteiger partial charge on any atom is 0.416 e. The number of halogens is 3. The average Bonchev–Trinajstić information content (AvgIpc) is 3.22. The van der Waals surface area contributed by atoms with E-state index < -0.39 is 16.6 Å². The number of thioether (sulfide) groups is 1. The molecule has 0 atom stereocenters. The second-order valence-corrected chi connectivity index (χ2v) is 9.64. The monoisotopic (exact) mass is 478 g/mol. The number of ether oxygens (including phenoxy) is 1. The Morgan fingerprint density at radius 2 is 1.64 bits per heavy atom. The van der Waals surface area contributed by atoms with Crippen LogP contribution in [0.15, 0.2) is 54.6 Å². The van der Waals surface area contributed by atoms with Gasteiger partial charge in [0.2, 0.25) is 5.91 Å². The molecule has 0 radical (unpaired) electrons. The van der Waals surface area contributed by atoms with Gasteiger partial charge in [-0.05, 0) is 42.7 Å². The number of amides is 2. The minimum Gasteiger partial charge on any atom is -0.367 e. The maximum absolute atomic E-state index is 13.1. The highest BCUT2D eigenvalue weighted by Crippen LogP contribution is 2.44. The van der Waals surface area contributed by atoms with Gasteiger partial charge >= 0.3 is 6.18 Å². The number of piperidine rings is 1. The third-order valence-electron chi connectivity index (χ3n) is 6.12. The molecule has 0 bridgehead atoms. The van der Waals surface area contributed by atoms with Crippen molar-refractivity contribution in [1.82, 2.24) is 9.80 Å². The first-order valence-electron chi connectivity index (χ1n) is 10.8. The Balaban J connectivity index is 1.33. The first-order chi connectivity index (χ1) is 15.8. The highest BCUT2D eigenvalue weighted by Gasteiger charge is 2.47. The molecule has 2 aromatic rings. The van der Waals surface area contributed by atoms with Crippen LogP contribution in [0.4, 0.5) is 13.2 Å². The third-order valence-corrected chi connectivity index (χ3v) is 7.67. The van der Waals surface area contributed by atoms with Gasteiger partial charge in [0.1, 0.15) is 6.61 Å². The summed E-state index contributed by atoms with van der Waals surface area (Å²) >= 11 is 1.69. The lowest BCUT2D eigenvalue weighted by atomic mass is 10.0. The van der Waals surface area contributed by atoms with Crippen LogP contribution in [0.3, 0.4) is 0 Å². The number of rotatable bonds is 5. The number of carbonyl (C=O) groups is 2. The van der Waals surface area contributed by atoms with Crippen molar-refractivity contribution in [2.75, 3.05) is 32.0 Å². The summed E-state index contributed by atoms with van der Waals surface area (Å²) in [4.78, 5) is 28.8. The molecule has 0 aromatic heterocycles. The minimum atomic E-state index is -4.43. The molecule has 0 saturated carbocycles. The summed E-state index contributed by atoms with van der Waals surface area (Å²) in [6, 6.07) is 14.0. The summed E-state index contributed by atoms with van der Waals surface area (Å²) in [5.74, 6) is 0.421. The second kappa shape index (κ2) is 9.77. The molecule has 0 aliphatic carbocycles. The lowest BCUT2D eigenvalue weighted by Gasteiger charge is -2.44. The molecular formula is C24H25F3N2O3S. The van der Waals surface area contributed by atoms with Crippen LogP contribution in [0.1, 0.15) is 34.3 Å². The molecule has 9 heteroatoms. The van der Waals surface area contributed by atoms with Gasteiger partial charge < -0.3 is 14.5 Å². The first kappa shape index (κ1) is 23.6. The minimum absolute atomic E-state index is 0.00321. The molecule has 2 heterocycles. The molecule has 5 nitrogen and oxygen atoms in total. The van der Waals surface area contributed by atoms with Crippen LogP contribution in [0.2, 0.25) is 0 Å². The van der Waals surface area contributed by atoms with Crippen molar-refractivity contribution in [1.29, 1.82) is 0 Å². The van der Waals surface area contributed by atoms with Crippen LogP contribution >= 0.6 is 11.8 Å². The second-order valence-electron chi connectivity index (χ2n) is 8.19. The Morgan fingerprint density at radius 3 is 2.27 bits per heavy atom. The SMILES string of the molecule is O=C(COCc1ccccc1)N1CCC2(CC1)SCCN2C(=O)c1ccc(C(F)(F)F)cc1. The Morgan fingerprint density at radius 1 is 0.970 bits per heavy atom. The lowest BCUT2D eigenvalue weighted by molar-refractivity contribution is -0.138. The largest absolute Gasteiger partial charge is 0.416 e. The standard InChI is InChI=1S/C24H25F3N2O3S/c25-24(26,27)20-8-6-19(7-9-20)22(31)29-14-15-33-23(29)10-12-28(13-11-23)21(30)17-32-16-18-4-2-1-3-5-18/h1-9H,10-17H2. The molecule has 2 amide bonds. The van der Waals surface area contributed by atoms with Crippen molar-refractivity contribution >= 4 is 23.6 Å². The Hall–Kier alpha value is -2.52. The summed E-state index contributed by atoms with van der Waals surface area (Å²) < 4.78 is 44.1. The number of hydrogen-bond acceptors (Lipinski definition) is 4. The first-order valence-corrected chi connectivity index (χ1v) is 11.8. The van der Waals surface area contributed by atoms with Gasteiger partial charge in [-0.25, -0.2) is 0 Å². The lowest BCUT2D eigenvalue weighted by Crippen LogP contribution is -2.54. The number of nitrogens with zero attached hydrogens (tertiary/aromatic N) is 2. The average molecular weight is 479 g/mol.